The van der Waals surface area contributed by atoms with Crippen LogP contribution in [0.25, 0.3) is 0 Å². The van der Waals surface area contributed by atoms with Gasteiger partial charge in [-0.05, 0) is 5.92 Å². The van der Waals surface area contributed by atoms with Gasteiger partial charge < -0.3 is 19.7 Å². The topological polar surface area (TPSA) is 114 Å². The Hall–Kier alpha value is -2.15. The maximum atomic E-state index is 12.0. The highest BCUT2D eigenvalue weighted by Crippen LogP contribution is 2.30. The minimum Gasteiger partial charge on any atom is -0.435 e. The smallest absolute Gasteiger partial charge is 0.330 e. The van der Waals surface area contributed by atoms with E-state index >= 15 is 0 Å². The number of H-pyrrole nitrogens is 1. The van der Waals surface area contributed by atoms with Gasteiger partial charge in [0, 0.05) is 12.3 Å². The molecule has 1 aliphatic rings. The molecule has 1 saturated heterocycles. The van der Waals surface area contributed by atoms with Crippen molar-refractivity contribution in [2.24, 2.45) is 0 Å². The highest BCUT2D eigenvalue weighted by Gasteiger charge is 2.46. The number of aromatic nitrogens is 2. The van der Waals surface area contributed by atoms with E-state index in [0.717, 1.165) is 16.8 Å². The van der Waals surface area contributed by atoms with Crippen molar-refractivity contribution in [2.75, 3.05) is 13.3 Å². The first-order chi connectivity index (χ1) is 10.1. The molecule has 1 aromatic rings. The molecule has 2 heterocycles. The van der Waals surface area contributed by atoms with Gasteiger partial charge in [-0.15, -0.1) is 0 Å². The largest absolute Gasteiger partial charge is 0.435 e. The van der Waals surface area contributed by atoms with E-state index in [4.69, 9.17) is 14.6 Å². The van der Waals surface area contributed by atoms with Gasteiger partial charge in [-0.1, -0.05) is 0 Å². The first kappa shape index (κ1) is 15.2. The summed E-state index contributed by atoms with van der Waals surface area (Å²) < 4.78 is 23.3. The van der Waals surface area contributed by atoms with Crippen molar-refractivity contribution in [3.05, 3.63) is 33.1 Å². The van der Waals surface area contributed by atoms with Crippen molar-refractivity contribution < 1.29 is 24.1 Å². The van der Waals surface area contributed by atoms with E-state index in [1.54, 1.807) is 0 Å². The SMILES string of the molecule is O=c1ccn([C@H]2O[C@@H](CO)C(O)C2OC#CCF)c(=O)[nH]1. The Balaban J connectivity index is 2.33. The van der Waals surface area contributed by atoms with Gasteiger partial charge in [-0.3, -0.25) is 14.3 Å². The average Bonchev–Trinajstić information content (AvgIpc) is 2.76. The van der Waals surface area contributed by atoms with Crippen LogP contribution in [0.4, 0.5) is 4.39 Å². The summed E-state index contributed by atoms with van der Waals surface area (Å²) in [5.41, 5.74) is -1.37. The molecule has 0 saturated carbocycles. The van der Waals surface area contributed by atoms with Gasteiger partial charge in [0.05, 0.1) is 6.61 Å². The lowest BCUT2D eigenvalue weighted by Crippen LogP contribution is -2.38. The van der Waals surface area contributed by atoms with Crippen molar-refractivity contribution in [3.63, 3.8) is 0 Å². The van der Waals surface area contributed by atoms with Crippen LogP contribution in [0.2, 0.25) is 0 Å². The van der Waals surface area contributed by atoms with Gasteiger partial charge in [0.2, 0.25) is 0 Å². The molecule has 9 heteroatoms. The maximum absolute atomic E-state index is 12.0. The van der Waals surface area contributed by atoms with E-state index in [1.165, 1.54) is 0 Å². The second-order valence-electron chi connectivity index (χ2n) is 4.25. The number of ether oxygens (including phenoxy) is 2. The molecular formula is C12H13FN2O6. The number of aliphatic hydroxyl groups excluding tert-OH is 2. The molecular weight excluding hydrogens is 287 g/mol. The Bertz CT molecular complexity index is 660. The molecule has 0 radical (unpaired) electrons. The summed E-state index contributed by atoms with van der Waals surface area (Å²) in [5, 5.41) is 19.1. The van der Waals surface area contributed by atoms with E-state index in [1.807, 2.05) is 17.0 Å². The van der Waals surface area contributed by atoms with Crippen LogP contribution in [0.5, 0.6) is 0 Å². The lowest BCUT2D eigenvalue weighted by Gasteiger charge is -2.19. The molecule has 2 unspecified atom stereocenters. The molecule has 1 aromatic heterocycles. The molecule has 0 aromatic carbocycles. The highest BCUT2D eigenvalue weighted by molar-refractivity contribution is 4.98. The first-order valence-electron chi connectivity index (χ1n) is 6.03. The molecule has 3 N–H and O–H groups in total. The quantitative estimate of drug-likeness (QED) is 0.562. The molecule has 0 spiro atoms. The zero-order chi connectivity index (χ0) is 15.4. The number of nitrogens with one attached hydrogen (secondary N) is 1. The number of aromatic amines is 1. The van der Waals surface area contributed by atoms with Crippen LogP contribution in [-0.4, -0.2) is 51.4 Å². The standard InChI is InChI=1S/C12H13FN2O6/c13-3-1-5-20-10-9(18)7(6-16)21-11(10)15-4-2-8(17)14-12(15)19/h2,4,7,9-11,16,18H,3,6H2,(H,14,17,19)/t7-,9?,10?,11-/m0/s1. The van der Waals surface area contributed by atoms with Crippen molar-refractivity contribution in [1.29, 1.82) is 0 Å². The molecule has 1 aliphatic heterocycles. The molecule has 114 valence electrons. The van der Waals surface area contributed by atoms with Crippen LogP contribution in [0, 0.1) is 12.0 Å². The van der Waals surface area contributed by atoms with E-state index < -0.39 is 49.1 Å². The fourth-order valence-corrected chi connectivity index (χ4v) is 1.98. The minimum atomic E-state index is -1.27. The number of rotatable bonds is 3. The lowest BCUT2D eigenvalue weighted by molar-refractivity contribution is -0.0549. The molecule has 21 heavy (non-hydrogen) atoms. The van der Waals surface area contributed by atoms with E-state index in [0.29, 0.717) is 0 Å². The van der Waals surface area contributed by atoms with Crippen molar-refractivity contribution >= 4 is 0 Å². The second kappa shape index (κ2) is 6.53. The predicted molar refractivity (Wildman–Crippen MR) is 66.9 cm³/mol. The molecule has 4 atom stereocenters. The number of halogens is 1. The van der Waals surface area contributed by atoms with Gasteiger partial charge in [0.25, 0.3) is 5.56 Å². The van der Waals surface area contributed by atoms with Crippen molar-refractivity contribution in [1.82, 2.24) is 9.55 Å². The first-order valence-corrected chi connectivity index (χ1v) is 6.03. The molecule has 0 aliphatic carbocycles. The Morgan fingerprint density at radius 2 is 2.29 bits per heavy atom. The summed E-state index contributed by atoms with van der Waals surface area (Å²) in [7, 11) is 0. The van der Waals surface area contributed by atoms with Crippen LogP contribution >= 0.6 is 0 Å². The summed E-state index contributed by atoms with van der Waals surface area (Å²) in [4.78, 5) is 24.8. The Kier molecular flexibility index (Phi) is 4.74. The lowest BCUT2D eigenvalue weighted by atomic mass is 10.1. The van der Waals surface area contributed by atoms with Crippen LogP contribution in [0.15, 0.2) is 21.9 Å². The van der Waals surface area contributed by atoms with E-state index in [-0.39, 0.29) is 0 Å². The van der Waals surface area contributed by atoms with Gasteiger partial charge in [-0.2, -0.15) is 0 Å². The van der Waals surface area contributed by atoms with Crippen molar-refractivity contribution in [3.8, 4) is 12.0 Å². The second-order valence-corrected chi connectivity index (χ2v) is 4.25. The molecule has 1 fully saturated rings. The summed E-state index contributed by atoms with van der Waals surface area (Å²) >= 11 is 0. The van der Waals surface area contributed by atoms with Gasteiger partial charge in [0.15, 0.2) is 19.0 Å². The summed E-state index contributed by atoms with van der Waals surface area (Å²) in [6, 6.07) is 1.09. The highest BCUT2D eigenvalue weighted by atomic mass is 19.1. The zero-order valence-corrected chi connectivity index (χ0v) is 10.7. The summed E-state index contributed by atoms with van der Waals surface area (Å²) in [5.74, 6) is 2.01. The zero-order valence-electron chi connectivity index (χ0n) is 10.7. The average molecular weight is 300 g/mol. The predicted octanol–water partition coefficient (Wildman–Crippen LogP) is -1.90. The number of alkyl halides is 1. The van der Waals surface area contributed by atoms with E-state index in [2.05, 4.69) is 0 Å². The monoisotopic (exact) mass is 300 g/mol. The fraction of sp³-hybridized carbons (Fsp3) is 0.500. The molecule has 0 bridgehead atoms. The Morgan fingerprint density at radius 1 is 1.52 bits per heavy atom. The van der Waals surface area contributed by atoms with Crippen LogP contribution in [-0.2, 0) is 9.47 Å². The maximum Gasteiger partial charge on any atom is 0.330 e. The number of aliphatic hydroxyl groups is 2. The number of nitrogens with zero attached hydrogens (tertiary/aromatic N) is 1. The fourth-order valence-electron chi connectivity index (χ4n) is 1.98. The molecule has 8 nitrogen and oxygen atoms in total. The van der Waals surface area contributed by atoms with Gasteiger partial charge in [0.1, 0.15) is 18.3 Å². The summed E-state index contributed by atoms with van der Waals surface area (Å²) in [6.07, 6.45) is -1.29. The van der Waals surface area contributed by atoms with Crippen LogP contribution in [0.3, 0.4) is 0 Å². The third kappa shape index (κ3) is 3.13. The van der Waals surface area contributed by atoms with Crippen LogP contribution < -0.4 is 11.2 Å². The third-order valence-electron chi connectivity index (χ3n) is 2.95. The number of hydrogen-bond acceptors (Lipinski definition) is 6. The Labute approximate surface area is 117 Å². The molecule has 0 amide bonds. The Morgan fingerprint density at radius 3 is 2.90 bits per heavy atom. The van der Waals surface area contributed by atoms with Crippen molar-refractivity contribution in [2.45, 2.75) is 24.5 Å². The normalized spacial score (nSPS) is 28.0. The third-order valence-corrected chi connectivity index (χ3v) is 2.95. The van der Waals surface area contributed by atoms with E-state index in [9.17, 15) is 19.1 Å². The molecule has 2 rings (SSSR count). The minimum absolute atomic E-state index is 0.508. The summed E-state index contributed by atoms with van der Waals surface area (Å²) in [6.45, 7) is -1.44. The van der Waals surface area contributed by atoms with Crippen LogP contribution in [0.1, 0.15) is 6.23 Å². The van der Waals surface area contributed by atoms with Gasteiger partial charge in [-0.25, -0.2) is 9.18 Å². The van der Waals surface area contributed by atoms with Gasteiger partial charge >= 0.3 is 5.69 Å². The number of hydrogen-bond donors (Lipinski definition) is 3.